The molecular weight excluding hydrogens is 418 g/mol. The molecule has 1 aromatic carbocycles. The molecule has 1 spiro atoms. The van der Waals surface area contributed by atoms with E-state index in [1.54, 1.807) is 11.5 Å². The lowest BCUT2D eigenvalue weighted by atomic mass is 9.97. The molecule has 2 fully saturated rings. The van der Waals surface area contributed by atoms with Crippen LogP contribution in [0.3, 0.4) is 0 Å². The summed E-state index contributed by atoms with van der Waals surface area (Å²) in [6.45, 7) is 9.51. The number of nitro benzene ring substituents is 1. The number of ether oxygens (including phenoxy) is 2. The third kappa shape index (κ3) is 3.53. The van der Waals surface area contributed by atoms with Crippen molar-refractivity contribution in [2.45, 2.75) is 51.9 Å². The fraction of sp³-hybridized carbons (Fsp3) is 0.545. The average molecular weight is 445 g/mol. The molecule has 3 heterocycles. The Kier molecular flexibility index (Phi) is 5.25. The number of carboxylic acid groups (broad SMARTS) is 1. The van der Waals surface area contributed by atoms with Gasteiger partial charge in [0.25, 0.3) is 5.69 Å². The van der Waals surface area contributed by atoms with Gasteiger partial charge in [0.1, 0.15) is 11.3 Å². The van der Waals surface area contributed by atoms with Crippen LogP contribution in [-0.4, -0.2) is 52.7 Å². The second kappa shape index (κ2) is 7.56. The largest absolute Gasteiger partial charge is 0.477 e. The number of aryl methyl sites for hydroxylation is 1. The van der Waals surface area contributed by atoms with E-state index in [9.17, 15) is 24.8 Å². The number of aromatic nitrogens is 1. The maximum atomic E-state index is 13.0. The number of carbonyl (C=O) groups is 1. The SMILES string of the molecule is Cc1c(N2CCC3(CC2)OCCO3)c([N+](=O)[O-])cc2c(=O)c(C(=O)O)cn(C(C)(C)C)c12. The van der Waals surface area contributed by atoms with Gasteiger partial charge in [0.15, 0.2) is 5.79 Å². The lowest BCUT2D eigenvalue weighted by molar-refractivity contribution is -0.384. The van der Waals surface area contributed by atoms with Crippen LogP contribution >= 0.6 is 0 Å². The number of rotatable bonds is 3. The third-order valence-electron chi connectivity index (χ3n) is 6.28. The van der Waals surface area contributed by atoms with Gasteiger partial charge in [-0.1, -0.05) is 0 Å². The Morgan fingerprint density at radius 2 is 1.81 bits per heavy atom. The maximum Gasteiger partial charge on any atom is 0.341 e. The van der Waals surface area contributed by atoms with Gasteiger partial charge in [-0.25, -0.2) is 4.79 Å². The van der Waals surface area contributed by atoms with E-state index in [2.05, 4.69) is 0 Å². The molecule has 2 aliphatic heterocycles. The number of hydrogen-bond acceptors (Lipinski definition) is 7. The molecule has 0 unspecified atom stereocenters. The van der Waals surface area contributed by atoms with Crippen LogP contribution in [0.15, 0.2) is 17.1 Å². The van der Waals surface area contributed by atoms with Crippen LogP contribution in [-0.2, 0) is 15.0 Å². The second-order valence-electron chi connectivity index (χ2n) is 9.34. The first-order valence-electron chi connectivity index (χ1n) is 10.6. The molecule has 10 heteroatoms. The zero-order chi connectivity index (χ0) is 23.4. The number of anilines is 1. The van der Waals surface area contributed by atoms with E-state index < -0.39 is 33.2 Å². The molecule has 2 aliphatic rings. The predicted molar refractivity (Wildman–Crippen MR) is 118 cm³/mol. The van der Waals surface area contributed by atoms with Crippen molar-refractivity contribution in [1.29, 1.82) is 0 Å². The number of nitro groups is 1. The van der Waals surface area contributed by atoms with Gasteiger partial charge in [0.05, 0.1) is 29.0 Å². The normalized spacial score (nSPS) is 18.4. The zero-order valence-electron chi connectivity index (χ0n) is 18.6. The lowest BCUT2D eigenvalue weighted by Crippen LogP contribution is -2.45. The van der Waals surface area contributed by atoms with Crippen molar-refractivity contribution in [3.8, 4) is 0 Å². The summed E-state index contributed by atoms with van der Waals surface area (Å²) in [5.41, 5.74) is -0.397. The standard InChI is InChI=1S/C22H27N3O7/c1-13-17-14(19(26)15(20(27)28)12-24(17)21(2,3)4)11-16(25(29)30)18(13)23-7-5-22(6-8-23)31-9-10-32-22/h11-12H,5-10H2,1-4H3,(H,27,28). The molecular formula is C22H27N3O7. The quantitative estimate of drug-likeness (QED) is 0.565. The highest BCUT2D eigenvalue weighted by Gasteiger charge is 2.41. The van der Waals surface area contributed by atoms with E-state index in [0.29, 0.717) is 55.9 Å². The van der Waals surface area contributed by atoms with E-state index in [0.717, 1.165) is 0 Å². The van der Waals surface area contributed by atoms with Crippen molar-refractivity contribution in [1.82, 2.24) is 4.57 Å². The Balaban J connectivity index is 1.96. The molecule has 4 rings (SSSR count). The topological polar surface area (TPSA) is 124 Å². The smallest absolute Gasteiger partial charge is 0.341 e. The lowest BCUT2D eigenvalue weighted by Gasteiger charge is -2.39. The van der Waals surface area contributed by atoms with Crippen LogP contribution in [0.1, 0.15) is 49.5 Å². The summed E-state index contributed by atoms with van der Waals surface area (Å²) in [4.78, 5) is 38.1. The van der Waals surface area contributed by atoms with Gasteiger partial charge in [0, 0.05) is 49.3 Å². The summed E-state index contributed by atoms with van der Waals surface area (Å²) in [6.07, 6.45) is 2.48. The van der Waals surface area contributed by atoms with Gasteiger partial charge in [0.2, 0.25) is 5.43 Å². The Morgan fingerprint density at radius 3 is 2.31 bits per heavy atom. The first-order chi connectivity index (χ1) is 14.9. The van der Waals surface area contributed by atoms with Crippen molar-refractivity contribution >= 4 is 28.2 Å². The summed E-state index contributed by atoms with van der Waals surface area (Å²) >= 11 is 0. The second-order valence-corrected chi connectivity index (χ2v) is 9.34. The van der Waals surface area contributed by atoms with E-state index in [-0.39, 0.29) is 11.1 Å². The number of benzene rings is 1. The summed E-state index contributed by atoms with van der Waals surface area (Å²) < 4.78 is 13.3. The van der Waals surface area contributed by atoms with E-state index >= 15 is 0 Å². The molecule has 10 nitrogen and oxygen atoms in total. The Bertz CT molecular complexity index is 1160. The molecule has 0 saturated carbocycles. The number of aromatic carboxylic acids is 1. The minimum atomic E-state index is -1.36. The number of fused-ring (bicyclic) bond motifs is 1. The average Bonchev–Trinajstić information content (AvgIpc) is 3.16. The van der Waals surface area contributed by atoms with Crippen molar-refractivity contribution < 1.29 is 24.3 Å². The van der Waals surface area contributed by atoms with Crippen LogP contribution in [0, 0.1) is 17.0 Å². The Morgan fingerprint density at radius 1 is 1.22 bits per heavy atom. The van der Waals surface area contributed by atoms with Crippen molar-refractivity contribution in [2.75, 3.05) is 31.2 Å². The van der Waals surface area contributed by atoms with E-state index in [1.165, 1.54) is 12.3 Å². The minimum absolute atomic E-state index is 0.0312. The van der Waals surface area contributed by atoms with Crippen molar-refractivity contribution in [3.63, 3.8) is 0 Å². The number of pyridine rings is 1. The maximum absolute atomic E-state index is 13.0. The van der Waals surface area contributed by atoms with Crippen LogP contribution in [0.5, 0.6) is 0 Å². The first kappa shape index (κ1) is 22.2. The van der Waals surface area contributed by atoms with Crippen LogP contribution in [0.2, 0.25) is 0 Å². The van der Waals surface area contributed by atoms with Crippen LogP contribution in [0.25, 0.3) is 10.9 Å². The molecule has 0 radical (unpaired) electrons. The first-order valence-corrected chi connectivity index (χ1v) is 10.6. The van der Waals surface area contributed by atoms with Gasteiger partial charge in [-0.15, -0.1) is 0 Å². The van der Waals surface area contributed by atoms with Gasteiger partial charge >= 0.3 is 5.97 Å². The molecule has 1 aromatic heterocycles. The summed E-state index contributed by atoms with van der Waals surface area (Å²) in [6, 6.07) is 1.22. The third-order valence-corrected chi connectivity index (χ3v) is 6.28. The number of carboxylic acids is 1. The van der Waals surface area contributed by atoms with Gasteiger partial charge in [-0.05, 0) is 27.7 Å². The fourth-order valence-electron chi connectivity index (χ4n) is 4.74. The monoisotopic (exact) mass is 445 g/mol. The molecule has 0 atom stereocenters. The number of piperidine rings is 1. The molecule has 0 aliphatic carbocycles. The van der Waals surface area contributed by atoms with Gasteiger partial charge in [-0.2, -0.15) is 0 Å². The minimum Gasteiger partial charge on any atom is -0.477 e. The highest BCUT2D eigenvalue weighted by Crippen LogP contribution is 2.41. The fourth-order valence-corrected chi connectivity index (χ4v) is 4.74. The molecule has 2 aromatic rings. The number of nitrogens with zero attached hydrogens (tertiary/aromatic N) is 3. The molecule has 1 N–H and O–H groups in total. The summed E-state index contributed by atoms with van der Waals surface area (Å²) in [5.74, 6) is -1.99. The predicted octanol–water partition coefficient (Wildman–Crippen LogP) is 3.01. The van der Waals surface area contributed by atoms with Crippen LogP contribution in [0.4, 0.5) is 11.4 Å². The van der Waals surface area contributed by atoms with E-state index in [4.69, 9.17) is 9.47 Å². The molecule has 32 heavy (non-hydrogen) atoms. The van der Waals surface area contributed by atoms with Gasteiger partial charge < -0.3 is 24.0 Å². The summed E-state index contributed by atoms with van der Waals surface area (Å²) in [5, 5.41) is 21.6. The van der Waals surface area contributed by atoms with Crippen molar-refractivity contribution in [2.24, 2.45) is 0 Å². The Labute approximate surface area is 184 Å². The summed E-state index contributed by atoms with van der Waals surface area (Å²) in [7, 11) is 0. The van der Waals surface area contributed by atoms with Crippen LogP contribution < -0.4 is 10.3 Å². The van der Waals surface area contributed by atoms with Gasteiger partial charge in [-0.3, -0.25) is 14.9 Å². The molecule has 172 valence electrons. The van der Waals surface area contributed by atoms with Crippen molar-refractivity contribution in [3.05, 3.63) is 43.7 Å². The molecule has 0 amide bonds. The highest BCUT2D eigenvalue weighted by molar-refractivity contribution is 5.97. The van der Waals surface area contributed by atoms with E-state index in [1.807, 2.05) is 25.7 Å². The highest BCUT2D eigenvalue weighted by atomic mass is 16.7. The zero-order valence-corrected chi connectivity index (χ0v) is 18.6. The molecule has 0 bridgehead atoms. The number of hydrogen-bond donors (Lipinski definition) is 1. The molecule has 2 saturated heterocycles. The Hall–Kier alpha value is -2.98.